The van der Waals surface area contributed by atoms with Crippen LogP contribution in [0.1, 0.15) is 18.9 Å². The minimum absolute atomic E-state index is 0.141. The lowest BCUT2D eigenvalue weighted by Crippen LogP contribution is -2.64. The van der Waals surface area contributed by atoms with Crippen LogP contribution in [0.3, 0.4) is 0 Å². The maximum Gasteiger partial charge on any atom is 0.407 e. The van der Waals surface area contributed by atoms with Crippen molar-refractivity contribution in [1.82, 2.24) is 5.32 Å². The van der Waals surface area contributed by atoms with E-state index in [0.29, 0.717) is 11.8 Å². The Balaban J connectivity index is 1.50. The molecule has 1 amide bonds. The van der Waals surface area contributed by atoms with Gasteiger partial charge < -0.3 is 14.8 Å². The zero-order chi connectivity index (χ0) is 17.6. The van der Waals surface area contributed by atoms with Crippen molar-refractivity contribution < 1.29 is 19.1 Å². The summed E-state index contributed by atoms with van der Waals surface area (Å²) in [4.78, 5) is 24.9. The second-order valence-electron chi connectivity index (χ2n) is 7.52. The first-order chi connectivity index (χ1) is 12.0. The number of hydrogen-bond acceptors (Lipinski definition) is 4. The first kappa shape index (κ1) is 16.2. The summed E-state index contributed by atoms with van der Waals surface area (Å²) in [6.07, 6.45) is 4.93. The molecule has 0 aromatic heterocycles. The van der Waals surface area contributed by atoms with E-state index in [9.17, 15) is 9.59 Å². The number of esters is 1. The van der Waals surface area contributed by atoms with Crippen LogP contribution in [0, 0.1) is 29.6 Å². The molecule has 25 heavy (non-hydrogen) atoms. The van der Waals surface area contributed by atoms with Crippen LogP contribution in [0.4, 0.5) is 4.79 Å². The molecule has 2 fully saturated rings. The molecule has 0 heterocycles. The molecule has 0 spiro atoms. The van der Waals surface area contributed by atoms with Gasteiger partial charge in [-0.15, -0.1) is 0 Å². The molecule has 5 rings (SSSR count). The Labute approximate surface area is 147 Å². The Hall–Kier alpha value is -2.30. The zero-order valence-corrected chi connectivity index (χ0v) is 14.5. The lowest BCUT2D eigenvalue weighted by molar-refractivity contribution is -0.153. The van der Waals surface area contributed by atoms with E-state index in [1.54, 1.807) is 0 Å². The number of methoxy groups -OCH3 is 1. The first-order valence-corrected chi connectivity index (χ1v) is 8.79. The van der Waals surface area contributed by atoms with Crippen LogP contribution in [-0.4, -0.2) is 24.7 Å². The van der Waals surface area contributed by atoms with Gasteiger partial charge in [-0.3, -0.25) is 4.79 Å². The van der Waals surface area contributed by atoms with Crippen LogP contribution >= 0.6 is 0 Å². The summed E-state index contributed by atoms with van der Waals surface area (Å²) in [5.74, 6) is 0.776. The molecule has 5 nitrogen and oxygen atoms in total. The summed E-state index contributed by atoms with van der Waals surface area (Å²) < 4.78 is 10.4. The summed E-state index contributed by atoms with van der Waals surface area (Å²) >= 11 is 0. The lowest BCUT2D eigenvalue weighted by atomic mass is 9.58. The minimum Gasteiger partial charge on any atom is -0.469 e. The molecule has 1 N–H and O–H groups in total. The van der Waals surface area contributed by atoms with E-state index in [1.165, 1.54) is 7.11 Å². The number of benzene rings is 1. The summed E-state index contributed by atoms with van der Waals surface area (Å²) in [7, 11) is 1.41. The topological polar surface area (TPSA) is 64.6 Å². The fourth-order valence-electron chi connectivity index (χ4n) is 4.90. The van der Waals surface area contributed by atoms with Gasteiger partial charge in [0.25, 0.3) is 0 Å². The number of fused-ring (bicyclic) bond motifs is 1. The van der Waals surface area contributed by atoms with E-state index in [-0.39, 0.29) is 30.3 Å². The van der Waals surface area contributed by atoms with Crippen LogP contribution in [0.2, 0.25) is 0 Å². The number of rotatable bonds is 4. The second-order valence-corrected chi connectivity index (χ2v) is 7.52. The molecule has 4 aliphatic rings. The fourth-order valence-corrected chi connectivity index (χ4v) is 4.90. The molecule has 0 saturated heterocycles. The van der Waals surface area contributed by atoms with Gasteiger partial charge in [-0.05, 0) is 36.7 Å². The summed E-state index contributed by atoms with van der Waals surface area (Å²) in [5, 5.41) is 3.01. The van der Waals surface area contributed by atoms with Gasteiger partial charge in [0.05, 0.1) is 18.6 Å². The van der Waals surface area contributed by atoms with Crippen molar-refractivity contribution in [1.29, 1.82) is 0 Å². The molecular formula is C20H23NO4. The third kappa shape index (κ3) is 2.62. The third-order valence-electron chi connectivity index (χ3n) is 6.15. The third-order valence-corrected chi connectivity index (χ3v) is 6.15. The van der Waals surface area contributed by atoms with Crippen molar-refractivity contribution in [3.8, 4) is 0 Å². The van der Waals surface area contributed by atoms with Crippen molar-refractivity contribution >= 4 is 12.1 Å². The number of nitrogens with one attached hydrogen (secondary N) is 1. The quantitative estimate of drug-likeness (QED) is 0.675. The van der Waals surface area contributed by atoms with Gasteiger partial charge in [0, 0.05) is 5.92 Å². The molecule has 0 radical (unpaired) electrons. The van der Waals surface area contributed by atoms with Crippen molar-refractivity contribution in [3.63, 3.8) is 0 Å². The molecule has 132 valence electrons. The molecule has 2 bridgehead atoms. The maximum absolute atomic E-state index is 12.4. The predicted octanol–water partition coefficient (Wildman–Crippen LogP) is 2.91. The SMILES string of the molecule is COC(=O)C1C2C=CC(C3CC23)C1(C)NC(=O)OCc1ccccc1. The molecule has 6 atom stereocenters. The van der Waals surface area contributed by atoms with Gasteiger partial charge in [0.2, 0.25) is 0 Å². The molecule has 1 aromatic rings. The lowest BCUT2D eigenvalue weighted by Gasteiger charge is -2.50. The van der Waals surface area contributed by atoms with Crippen LogP contribution in [-0.2, 0) is 20.9 Å². The average Bonchev–Trinajstić information content (AvgIpc) is 3.42. The Morgan fingerprint density at radius 3 is 2.68 bits per heavy atom. The Kier molecular flexibility index (Phi) is 3.82. The van der Waals surface area contributed by atoms with Crippen molar-refractivity contribution in [2.45, 2.75) is 25.5 Å². The van der Waals surface area contributed by atoms with E-state index in [0.717, 1.165) is 12.0 Å². The number of allylic oxidation sites excluding steroid dienone is 1. The fraction of sp³-hybridized carbons (Fsp3) is 0.500. The maximum atomic E-state index is 12.4. The normalized spacial score (nSPS) is 37.1. The Morgan fingerprint density at radius 2 is 1.96 bits per heavy atom. The molecule has 2 saturated carbocycles. The number of hydrogen-bond donors (Lipinski definition) is 1. The van der Waals surface area contributed by atoms with E-state index in [4.69, 9.17) is 9.47 Å². The van der Waals surface area contributed by atoms with E-state index < -0.39 is 11.6 Å². The minimum atomic E-state index is -0.669. The van der Waals surface area contributed by atoms with E-state index in [2.05, 4.69) is 17.5 Å². The molecule has 6 unspecified atom stereocenters. The van der Waals surface area contributed by atoms with Crippen LogP contribution in [0.15, 0.2) is 42.5 Å². The van der Waals surface area contributed by atoms with Gasteiger partial charge in [-0.2, -0.15) is 0 Å². The summed E-state index contributed by atoms with van der Waals surface area (Å²) in [6, 6.07) is 9.55. The van der Waals surface area contributed by atoms with Crippen LogP contribution in [0.5, 0.6) is 0 Å². The molecule has 1 aromatic carbocycles. The highest BCUT2D eigenvalue weighted by atomic mass is 16.5. The van der Waals surface area contributed by atoms with Crippen molar-refractivity contribution in [2.75, 3.05) is 7.11 Å². The molecule has 0 aliphatic heterocycles. The largest absolute Gasteiger partial charge is 0.469 e. The molecule has 4 aliphatic carbocycles. The smallest absolute Gasteiger partial charge is 0.407 e. The highest BCUT2D eigenvalue weighted by molar-refractivity contribution is 5.78. The van der Waals surface area contributed by atoms with Gasteiger partial charge in [-0.1, -0.05) is 42.5 Å². The number of carbonyl (C=O) groups is 2. The van der Waals surface area contributed by atoms with Gasteiger partial charge >= 0.3 is 12.1 Å². The highest BCUT2D eigenvalue weighted by Gasteiger charge is 2.66. The van der Waals surface area contributed by atoms with Crippen molar-refractivity contribution in [2.24, 2.45) is 29.6 Å². The average molecular weight is 341 g/mol. The molecular weight excluding hydrogens is 318 g/mol. The number of ether oxygens (including phenoxy) is 2. The van der Waals surface area contributed by atoms with E-state index >= 15 is 0 Å². The second kappa shape index (κ2) is 5.90. The van der Waals surface area contributed by atoms with Crippen molar-refractivity contribution in [3.05, 3.63) is 48.0 Å². The number of alkyl carbamates (subject to hydrolysis) is 1. The highest BCUT2D eigenvalue weighted by Crippen LogP contribution is 2.64. The summed E-state index contributed by atoms with van der Waals surface area (Å²) in [5.41, 5.74) is 0.262. The van der Waals surface area contributed by atoms with Crippen LogP contribution in [0.25, 0.3) is 0 Å². The Morgan fingerprint density at radius 1 is 1.20 bits per heavy atom. The molecule has 5 heteroatoms. The summed E-state index contributed by atoms with van der Waals surface area (Å²) in [6.45, 7) is 2.16. The number of amides is 1. The first-order valence-electron chi connectivity index (χ1n) is 8.79. The van der Waals surface area contributed by atoms with Gasteiger partial charge in [0.15, 0.2) is 0 Å². The van der Waals surface area contributed by atoms with Gasteiger partial charge in [-0.25, -0.2) is 4.79 Å². The van der Waals surface area contributed by atoms with Gasteiger partial charge in [0.1, 0.15) is 6.61 Å². The zero-order valence-electron chi connectivity index (χ0n) is 14.5. The predicted molar refractivity (Wildman–Crippen MR) is 91.4 cm³/mol. The standard InChI is InChI=1S/C20H23NO4/c1-20(21-19(23)25-11-12-6-4-3-5-7-12)16-9-8-13(14-10-15(14)16)17(20)18(22)24-2/h3-9,13-17H,10-11H2,1-2H3,(H,21,23). The Bertz CT molecular complexity index is 716. The number of carbonyl (C=O) groups excluding carboxylic acids is 2. The monoisotopic (exact) mass is 341 g/mol. The van der Waals surface area contributed by atoms with E-state index in [1.807, 2.05) is 37.3 Å². The van der Waals surface area contributed by atoms with Crippen LogP contribution < -0.4 is 5.32 Å².